The number of carbonyl (C=O) groups is 1. The predicted molar refractivity (Wildman–Crippen MR) is 106 cm³/mol. The van der Waals surface area contributed by atoms with Gasteiger partial charge in [0.25, 0.3) is 11.5 Å². The highest BCUT2D eigenvalue weighted by Crippen LogP contribution is 2.27. The van der Waals surface area contributed by atoms with Crippen LogP contribution in [0.1, 0.15) is 24.5 Å². The van der Waals surface area contributed by atoms with E-state index in [0.717, 1.165) is 0 Å². The number of aromatic nitrogens is 4. The third-order valence-corrected chi connectivity index (χ3v) is 4.99. The van der Waals surface area contributed by atoms with Gasteiger partial charge in [-0.15, -0.1) is 0 Å². The Bertz CT molecular complexity index is 1080. The van der Waals surface area contributed by atoms with Crippen molar-refractivity contribution in [3.63, 3.8) is 0 Å². The SMILES string of the molecule is O=C(COc1cccc(F)c1)N1CCC(c2cc(=O)[nH]c(-c3cnccn3)n2)CC1. The molecule has 1 aromatic carbocycles. The molecular formula is C21H20FN5O3. The molecule has 0 atom stereocenters. The van der Waals surface area contributed by atoms with Crippen LogP contribution >= 0.6 is 0 Å². The maximum absolute atomic E-state index is 13.2. The van der Waals surface area contributed by atoms with E-state index >= 15 is 0 Å². The van der Waals surface area contributed by atoms with E-state index in [1.54, 1.807) is 23.4 Å². The van der Waals surface area contributed by atoms with Gasteiger partial charge in [0.15, 0.2) is 12.4 Å². The molecule has 3 heterocycles. The summed E-state index contributed by atoms with van der Waals surface area (Å²) in [6.07, 6.45) is 6.00. The molecule has 0 spiro atoms. The largest absolute Gasteiger partial charge is 0.484 e. The Balaban J connectivity index is 1.37. The van der Waals surface area contributed by atoms with E-state index in [-0.39, 0.29) is 24.0 Å². The van der Waals surface area contributed by atoms with Gasteiger partial charge in [-0.1, -0.05) is 6.07 Å². The lowest BCUT2D eigenvalue weighted by molar-refractivity contribution is -0.134. The lowest BCUT2D eigenvalue weighted by atomic mass is 9.93. The van der Waals surface area contributed by atoms with Gasteiger partial charge in [-0.3, -0.25) is 14.6 Å². The first kappa shape index (κ1) is 19.7. The molecule has 2 aromatic heterocycles. The first-order chi connectivity index (χ1) is 14.6. The lowest BCUT2D eigenvalue weighted by Crippen LogP contribution is -2.40. The van der Waals surface area contributed by atoms with Crippen molar-refractivity contribution in [2.75, 3.05) is 19.7 Å². The summed E-state index contributed by atoms with van der Waals surface area (Å²) in [7, 11) is 0. The van der Waals surface area contributed by atoms with Crippen LogP contribution in [0, 0.1) is 5.82 Å². The van der Waals surface area contributed by atoms with Crippen LogP contribution in [0.5, 0.6) is 5.75 Å². The number of likely N-dealkylation sites (tertiary alicyclic amines) is 1. The monoisotopic (exact) mass is 409 g/mol. The Morgan fingerprint density at radius 1 is 1.23 bits per heavy atom. The van der Waals surface area contributed by atoms with E-state index in [0.29, 0.717) is 48.9 Å². The number of H-pyrrole nitrogens is 1. The summed E-state index contributed by atoms with van der Waals surface area (Å²) >= 11 is 0. The van der Waals surface area contributed by atoms with E-state index in [1.807, 2.05) is 0 Å². The second-order valence-electron chi connectivity index (χ2n) is 7.01. The maximum Gasteiger partial charge on any atom is 0.260 e. The van der Waals surface area contributed by atoms with Gasteiger partial charge in [-0.05, 0) is 25.0 Å². The molecule has 1 N–H and O–H groups in total. The summed E-state index contributed by atoms with van der Waals surface area (Å²) in [6, 6.07) is 7.19. The quantitative estimate of drug-likeness (QED) is 0.693. The minimum Gasteiger partial charge on any atom is -0.484 e. The molecule has 1 amide bonds. The highest BCUT2D eigenvalue weighted by molar-refractivity contribution is 5.77. The van der Waals surface area contributed by atoms with Crippen LogP contribution < -0.4 is 10.3 Å². The molecular weight excluding hydrogens is 389 g/mol. The first-order valence-electron chi connectivity index (χ1n) is 9.62. The number of piperidine rings is 1. The second-order valence-corrected chi connectivity index (χ2v) is 7.01. The number of amides is 1. The minimum absolute atomic E-state index is 0.0657. The van der Waals surface area contributed by atoms with Crippen LogP contribution in [0.3, 0.4) is 0 Å². The number of hydrogen-bond donors (Lipinski definition) is 1. The fourth-order valence-electron chi connectivity index (χ4n) is 3.45. The number of ether oxygens (including phenoxy) is 1. The number of nitrogens with one attached hydrogen (secondary N) is 1. The van der Waals surface area contributed by atoms with Crippen molar-refractivity contribution < 1.29 is 13.9 Å². The van der Waals surface area contributed by atoms with Gasteiger partial charge in [-0.25, -0.2) is 14.4 Å². The smallest absolute Gasteiger partial charge is 0.260 e. The third kappa shape index (κ3) is 4.68. The summed E-state index contributed by atoms with van der Waals surface area (Å²) in [6.45, 7) is 0.921. The van der Waals surface area contributed by atoms with Crippen LogP contribution in [-0.2, 0) is 4.79 Å². The van der Waals surface area contributed by atoms with Crippen LogP contribution in [0.2, 0.25) is 0 Å². The van der Waals surface area contributed by atoms with Gasteiger partial charge in [0, 0.05) is 43.5 Å². The Labute approximate surface area is 171 Å². The molecule has 0 saturated carbocycles. The molecule has 0 unspecified atom stereocenters. The van der Waals surface area contributed by atoms with Crippen LogP contribution in [0.15, 0.2) is 53.7 Å². The Kier molecular flexibility index (Phi) is 5.78. The highest BCUT2D eigenvalue weighted by Gasteiger charge is 2.25. The average molecular weight is 409 g/mol. The topological polar surface area (TPSA) is 101 Å². The zero-order valence-electron chi connectivity index (χ0n) is 16.1. The predicted octanol–water partition coefficient (Wildman–Crippen LogP) is 2.15. The molecule has 1 saturated heterocycles. The van der Waals surface area contributed by atoms with E-state index in [2.05, 4.69) is 19.9 Å². The fourth-order valence-corrected chi connectivity index (χ4v) is 3.45. The van der Waals surface area contributed by atoms with Crippen LogP contribution in [-0.4, -0.2) is 50.4 Å². The summed E-state index contributed by atoms with van der Waals surface area (Å²) in [4.78, 5) is 41.7. The standard InChI is InChI=1S/C21H20FN5O3/c22-15-2-1-3-16(10-15)30-13-20(29)27-8-4-14(5-9-27)17-11-19(28)26-21(25-17)18-12-23-6-7-24-18/h1-3,6-7,10-12,14H,4-5,8-9,13H2,(H,25,26,28). The number of benzene rings is 1. The average Bonchev–Trinajstić information content (AvgIpc) is 2.78. The Hall–Kier alpha value is -3.62. The number of hydrogen-bond acceptors (Lipinski definition) is 6. The van der Waals surface area contributed by atoms with Crippen molar-refractivity contribution in [3.8, 4) is 17.3 Å². The van der Waals surface area contributed by atoms with E-state index in [9.17, 15) is 14.0 Å². The highest BCUT2D eigenvalue weighted by atomic mass is 19.1. The van der Waals surface area contributed by atoms with Gasteiger partial charge in [0.1, 0.15) is 17.3 Å². The molecule has 9 heteroatoms. The molecule has 3 aromatic rings. The zero-order chi connectivity index (χ0) is 20.9. The van der Waals surface area contributed by atoms with Crippen molar-refractivity contribution in [2.45, 2.75) is 18.8 Å². The Morgan fingerprint density at radius 3 is 2.80 bits per heavy atom. The van der Waals surface area contributed by atoms with Gasteiger partial charge in [-0.2, -0.15) is 0 Å². The first-order valence-corrected chi connectivity index (χ1v) is 9.62. The molecule has 1 aliphatic heterocycles. The van der Waals surface area contributed by atoms with E-state index in [4.69, 9.17) is 4.74 Å². The van der Waals surface area contributed by atoms with Crippen molar-refractivity contribution in [1.82, 2.24) is 24.8 Å². The van der Waals surface area contributed by atoms with Gasteiger partial charge in [0.2, 0.25) is 0 Å². The van der Waals surface area contributed by atoms with Gasteiger partial charge in [0.05, 0.1) is 11.9 Å². The summed E-state index contributed by atoms with van der Waals surface area (Å²) in [5.74, 6) is 0.204. The maximum atomic E-state index is 13.2. The summed E-state index contributed by atoms with van der Waals surface area (Å²) in [5.41, 5.74) is 0.934. The molecule has 0 bridgehead atoms. The van der Waals surface area contributed by atoms with Crippen molar-refractivity contribution in [1.29, 1.82) is 0 Å². The van der Waals surface area contributed by atoms with Gasteiger partial charge >= 0.3 is 0 Å². The van der Waals surface area contributed by atoms with Crippen LogP contribution in [0.25, 0.3) is 11.5 Å². The molecule has 1 fully saturated rings. The Morgan fingerprint density at radius 2 is 2.07 bits per heavy atom. The van der Waals surface area contributed by atoms with E-state index in [1.165, 1.54) is 30.5 Å². The minimum atomic E-state index is -0.410. The summed E-state index contributed by atoms with van der Waals surface area (Å²) < 4.78 is 18.6. The number of rotatable bonds is 5. The molecule has 1 aliphatic rings. The molecule has 8 nitrogen and oxygen atoms in total. The molecule has 0 aliphatic carbocycles. The van der Waals surface area contributed by atoms with Gasteiger partial charge < -0.3 is 14.6 Å². The fraction of sp³-hybridized carbons (Fsp3) is 0.286. The summed E-state index contributed by atoms with van der Waals surface area (Å²) in [5, 5.41) is 0. The van der Waals surface area contributed by atoms with Crippen molar-refractivity contribution in [3.05, 3.63) is 70.8 Å². The number of aromatic amines is 1. The number of nitrogens with zero attached hydrogens (tertiary/aromatic N) is 4. The second kappa shape index (κ2) is 8.81. The molecule has 154 valence electrons. The molecule has 30 heavy (non-hydrogen) atoms. The molecule has 0 radical (unpaired) electrons. The number of carbonyl (C=O) groups excluding carboxylic acids is 1. The van der Waals surface area contributed by atoms with E-state index < -0.39 is 5.82 Å². The molecule has 4 rings (SSSR count). The zero-order valence-corrected chi connectivity index (χ0v) is 16.1. The van der Waals surface area contributed by atoms with Crippen molar-refractivity contribution >= 4 is 5.91 Å². The third-order valence-electron chi connectivity index (χ3n) is 4.99. The number of halogens is 1. The normalized spacial score (nSPS) is 14.5. The van der Waals surface area contributed by atoms with Crippen molar-refractivity contribution in [2.24, 2.45) is 0 Å². The lowest BCUT2D eigenvalue weighted by Gasteiger charge is -2.31. The van der Waals surface area contributed by atoms with Crippen LogP contribution in [0.4, 0.5) is 4.39 Å².